The maximum Gasteiger partial charge on any atom is 0.242 e. The summed E-state index contributed by atoms with van der Waals surface area (Å²) in [6.07, 6.45) is 1.10. The van der Waals surface area contributed by atoms with Gasteiger partial charge in [-0.05, 0) is 6.42 Å². The molecular weight excluding hydrogens is 156 g/mol. The van der Waals surface area contributed by atoms with Crippen molar-refractivity contribution in [3.8, 4) is 0 Å². The molecule has 70 valence electrons. The number of amides is 2. The number of hydrogen-bond acceptors (Lipinski definition) is 2. The Hall–Kier alpha value is -1.06. The lowest BCUT2D eigenvalue weighted by molar-refractivity contribution is -0.127. The summed E-state index contributed by atoms with van der Waals surface area (Å²) in [5.74, 6) is -1.03. The van der Waals surface area contributed by atoms with Gasteiger partial charge in [0.05, 0.1) is 0 Å². The van der Waals surface area contributed by atoms with Crippen molar-refractivity contribution in [3.05, 3.63) is 0 Å². The van der Waals surface area contributed by atoms with Crippen LogP contribution in [-0.4, -0.2) is 24.8 Å². The predicted octanol–water partition coefficient (Wildman–Crippen LogP) is 0.0372. The van der Waals surface area contributed by atoms with Crippen molar-refractivity contribution < 1.29 is 13.7 Å². The highest BCUT2D eigenvalue weighted by atomic mass is 16.2. The normalized spacial score (nSPS) is 16.7. The molecule has 0 aliphatic carbocycles. The third-order valence-corrected chi connectivity index (χ3v) is 1.39. The Bertz CT molecular complexity index is 241. The summed E-state index contributed by atoms with van der Waals surface area (Å²) in [5, 5.41) is 4.26. The Morgan fingerprint density at radius 3 is 2.67 bits per heavy atom. The molecule has 0 saturated carbocycles. The van der Waals surface area contributed by atoms with Crippen LogP contribution in [0.2, 0.25) is 0 Å². The summed E-state index contributed by atoms with van der Waals surface area (Å²) in [5.41, 5.74) is 0. The molecule has 0 saturated heterocycles. The van der Waals surface area contributed by atoms with E-state index in [1.807, 2.05) is 12.2 Å². The second kappa shape index (κ2) is 5.57. The van der Waals surface area contributed by atoms with Crippen LogP contribution in [0.1, 0.15) is 30.8 Å². The molecular formula is C8H16N2O2. The van der Waals surface area contributed by atoms with Crippen LogP contribution in [0.5, 0.6) is 0 Å². The maximum absolute atomic E-state index is 11.4. The molecule has 0 aromatic heterocycles. The first-order chi connectivity index (χ1) is 6.76. The lowest BCUT2D eigenvalue weighted by atomic mass is 10.1. The molecule has 0 rings (SSSR count). The van der Waals surface area contributed by atoms with Crippen molar-refractivity contribution in [1.82, 2.24) is 10.6 Å². The number of hydrogen-bond donors (Lipinski definition) is 2. The maximum atomic E-state index is 11.4. The first-order valence-corrected chi connectivity index (χ1v) is 3.85. The minimum Gasteiger partial charge on any atom is -0.357 e. The fraction of sp³-hybridized carbons (Fsp3) is 0.750. The van der Waals surface area contributed by atoms with Crippen LogP contribution in [-0.2, 0) is 9.59 Å². The van der Waals surface area contributed by atoms with E-state index in [1.54, 1.807) is 0 Å². The number of carbonyl (C=O) groups excluding carboxylic acids is 2. The first kappa shape index (κ1) is 6.46. The summed E-state index contributed by atoms with van der Waals surface area (Å²) in [6.45, 7) is 0.615. The molecule has 0 heterocycles. The third-order valence-electron chi connectivity index (χ3n) is 1.39. The van der Waals surface area contributed by atoms with Gasteiger partial charge in [0.1, 0.15) is 6.04 Å². The molecule has 4 heteroatoms. The van der Waals surface area contributed by atoms with E-state index in [4.69, 9.17) is 4.11 Å². The van der Waals surface area contributed by atoms with Crippen LogP contribution < -0.4 is 10.6 Å². The van der Waals surface area contributed by atoms with E-state index in [9.17, 15) is 9.59 Å². The monoisotopic (exact) mass is 175 g/mol. The van der Waals surface area contributed by atoms with E-state index in [0.29, 0.717) is 12.8 Å². The topological polar surface area (TPSA) is 58.2 Å². The third kappa shape index (κ3) is 3.95. The standard InChI is InChI=1S/C8H16N2O2/c1-4-5-7(8(12)9-3)10-6(2)11/h7H,4-5H2,1-3H3,(H,9,12)(H,10,11)/t7-/m0/s1/i3D3. The second-order valence-corrected chi connectivity index (χ2v) is 2.53. The van der Waals surface area contributed by atoms with Crippen LogP contribution >= 0.6 is 0 Å². The van der Waals surface area contributed by atoms with Gasteiger partial charge >= 0.3 is 0 Å². The van der Waals surface area contributed by atoms with Crippen LogP contribution in [0, 0.1) is 0 Å². The Morgan fingerprint density at radius 2 is 2.25 bits per heavy atom. The average Bonchev–Trinajstić information content (AvgIpc) is 1.99. The van der Waals surface area contributed by atoms with Gasteiger partial charge in [-0.25, -0.2) is 0 Å². The molecule has 2 amide bonds. The summed E-state index contributed by atoms with van der Waals surface area (Å²) in [7, 11) is 0. The zero-order valence-corrected chi connectivity index (χ0v) is 7.31. The van der Waals surface area contributed by atoms with E-state index in [-0.39, 0.29) is 5.91 Å². The zero-order chi connectivity index (χ0) is 12.1. The lowest BCUT2D eigenvalue weighted by Gasteiger charge is -2.14. The molecule has 0 bridgehead atoms. The summed E-state index contributed by atoms with van der Waals surface area (Å²) < 4.78 is 20.6. The van der Waals surface area contributed by atoms with Gasteiger partial charge in [0.25, 0.3) is 0 Å². The van der Waals surface area contributed by atoms with Crippen molar-refractivity contribution >= 4 is 11.8 Å². The lowest BCUT2D eigenvalue weighted by Crippen LogP contribution is -2.44. The number of nitrogens with one attached hydrogen (secondary N) is 2. The number of rotatable bonds is 4. The van der Waals surface area contributed by atoms with Crippen molar-refractivity contribution in [1.29, 1.82) is 0 Å². The van der Waals surface area contributed by atoms with Gasteiger partial charge in [-0.15, -0.1) is 0 Å². The molecule has 1 atom stereocenters. The zero-order valence-electron chi connectivity index (χ0n) is 10.3. The molecule has 2 N–H and O–H groups in total. The van der Waals surface area contributed by atoms with Gasteiger partial charge in [0, 0.05) is 18.0 Å². The van der Waals surface area contributed by atoms with Gasteiger partial charge < -0.3 is 10.6 Å². The van der Waals surface area contributed by atoms with Crippen molar-refractivity contribution in [2.75, 3.05) is 6.98 Å². The summed E-state index contributed by atoms with van der Waals surface area (Å²) >= 11 is 0. The highest BCUT2D eigenvalue weighted by Crippen LogP contribution is 1.96. The SMILES string of the molecule is [2H]C([2H])([2H])NC(=O)[C@H](CCC)NC(C)=O. The molecule has 0 radical (unpaired) electrons. The average molecular weight is 175 g/mol. The molecule has 0 fully saturated rings. The molecule has 4 nitrogen and oxygen atoms in total. The van der Waals surface area contributed by atoms with E-state index in [2.05, 4.69) is 5.32 Å². The minimum atomic E-state index is -2.51. The van der Waals surface area contributed by atoms with Crippen molar-refractivity contribution in [2.24, 2.45) is 0 Å². The Balaban J connectivity index is 4.35. The molecule has 0 aromatic carbocycles. The minimum absolute atomic E-state index is 0.353. The molecule has 0 aromatic rings. The second-order valence-electron chi connectivity index (χ2n) is 2.53. The first-order valence-electron chi connectivity index (χ1n) is 5.35. The van der Waals surface area contributed by atoms with Crippen LogP contribution in [0.3, 0.4) is 0 Å². The molecule has 12 heavy (non-hydrogen) atoms. The van der Waals surface area contributed by atoms with Gasteiger partial charge in [0.2, 0.25) is 11.8 Å². The highest BCUT2D eigenvalue weighted by Gasteiger charge is 2.15. The van der Waals surface area contributed by atoms with Gasteiger partial charge in [0.15, 0.2) is 0 Å². The molecule has 0 aliphatic heterocycles. The van der Waals surface area contributed by atoms with Crippen LogP contribution in [0.4, 0.5) is 0 Å². The van der Waals surface area contributed by atoms with E-state index in [0.717, 1.165) is 0 Å². The quantitative estimate of drug-likeness (QED) is 0.633. The number of carbonyl (C=O) groups is 2. The highest BCUT2D eigenvalue weighted by molar-refractivity contribution is 5.86. The van der Waals surface area contributed by atoms with Gasteiger partial charge in [-0.2, -0.15) is 0 Å². The van der Waals surface area contributed by atoms with E-state index in [1.165, 1.54) is 6.92 Å². The number of likely N-dealkylation sites (N-methyl/N-ethyl adjacent to an activating group) is 1. The van der Waals surface area contributed by atoms with Crippen LogP contribution in [0.25, 0.3) is 0 Å². The molecule has 0 spiro atoms. The predicted molar refractivity (Wildman–Crippen MR) is 46.6 cm³/mol. The van der Waals surface area contributed by atoms with Gasteiger partial charge in [-0.3, -0.25) is 9.59 Å². The van der Waals surface area contributed by atoms with Crippen LogP contribution in [0.15, 0.2) is 0 Å². The van der Waals surface area contributed by atoms with E-state index < -0.39 is 18.9 Å². The molecule has 0 aliphatic rings. The molecule has 0 unspecified atom stereocenters. The smallest absolute Gasteiger partial charge is 0.242 e. The van der Waals surface area contributed by atoms with Crippen molar-refractivity contribution in [2.45, 2.75) is 32.7 Å². The fourth-order valence-electron chi connectivity index (χ4n) is 0.890. The summed E-state index contributed by atoms with van der Waals surface area (Å²) in [6, 6.07) is -0.770. The summed E-state index contributed by atoms with van der Waals surface area (Å²) in [4.78, 5) is 22.2. The Labute approximate surface area is 76.9 Å². The fourth-order valence-corrected chi connectivity index (χ4v) is 0.890. The largest absolute Gasteiger partial charge is 0.357 e. The van der Waals surface area contributed by atoms with Crippen molar-refractivity contribution in [3.63, 3.8) is 0 Å². The Morgan fingerprint density at radius 1 is 1.58 bits per heavy atom. The van der Waals surface area contributed by atoms with E-state index >= 15 is 0 Å². The Kier molecular flexibility index (Phi) is 3.00. The van der Waals surface area contributed by atoms with Gasteiger partial charge in [-0.1, -0.05) is 13.3 Å².